The Hall–Kier alpha value is -2.82. The third-order valence-corrected chi connectivity index (χ3v) is 8.57. The van der Waals surface area contributed by atoms with Crippen LogP contribution in [0.25, 0.3) is 0 Å². The van der Waals surface area contributed by atoms with Crippen LogP contribution in [0.5, 0.6) is 0 Å². The highest BCUT2D eigenvalue weighted by Gasteiger charge is 2.30. The molecule has 0 unspecified atom stereocenters. The van der Waals surface area contributed by atoms with E-state index in [1.54, 1.807) is 17.3 Å². The van der Waals surface area contributed by atoms with Crippen LogP contribution in [0.1, 0.15) is 36.1 Å². The van der Waals surface area contributed by atoms with Crippen molar-refractivity contribution < 1.29 is 28.9 Å². The summed E-state index contributed by atoms with van der Waals surface area (Å²) in [5.41, 5.74) is 2.94. The van der Waals surface area contributed by atoms with Gasteiger partial charge in [-0.25, -0.2) is 9.78 Å². The minimum atomic E-state index is -0.179. The van der Waals surface area contributed by atoms with Crippen LogP contribution in [0, 0.1) is 5.92 Å². The van der Waals surface area contributed by atoms with Gasteiger partial charge in [0.1, 0.15) is 11.6 Å². The van der Waals surface area contributed by atoms with Crippen molar-refractivity contribution in [3.05, 3.63) is 123 Å². The van der Waals surface area contributed by atoms with Crippen molar-refractivity contribution in [3.63, 3.8) is 0 Å². The molecule has 52 heavy (non-hydrogen) atoms. The van der Waals surface area contributed by atoms with Crippen LogP contribution in [0.2, 0.25) is 0 Å². The van der Waals surface area contributed by atoms with Gasteiger partial charge in [-0.1, -0.05) is 60.7 Å². The molecule has 0 saturated carbocycles. The highest BCUT2D eigenvalue weighted by Crippen LogP contribution is 2.18. The van der Waals surface area contributed by atoms with E-state index in [4.69, 9.17) is 14.2 Å². The monoisotopic (exact) mass is 878 g/mol. The molecule has 2 saturated heterocycles. The van der Waals surface area contributed by atoms with Gasteiger partial charge < -0.3 is 24.6 Å². The molecule has 6 rings (SSSR count). The number of carbonyl (C=O) groups excluding carboxylic acids is 2. The number of amides is 2. The second-order valence-corrected chi connectivity index (χ2v) is 13.7. The molecule has 0 bridgehead atoms. The lowest BCUT2D eigenvalue weighted by atomic mass is 10.0. The lowest BCUT2D eigenvalue weighted by Crippen LogP contribution is -2.31. The minimum Gasteiger partial charge on any atom is -0.396 e. The van der Waals surface area contributed by atoms with Gasteiger partial charge in [-0.3, -0.25) is 14.7 Å². The van der Waals surface area contributed by atoms with E-state index in [1.165, 1.54) is 12.8 Å². The van der Waals surface area contributed by atoms with Crippen molar-refractivity contribution >= 4 is 76.5 Å². The molecule has 4 aromatic rings. The molecule has 2 amide bonds. The van der Waals surface area contributed by atoms with Gasteiger partial charge in [0.05, 0.1) is 39.0 Å². The molecule has 282 valence electrons. The van der Waals surface area contributed by atoms with Crippen molar-refractivity contribution in [1.29, 1.82) is 0 Å². The first kappa shape index (κ1) is 45.3. The first-order valence-electron chi connectivity index (χ1n) is 16.6. The first-order valence-corrected chi connectivity index (χ1v) is 18.2. The van der Waals surface area contributed by atoms with Crippen LogP contribution < -0.4 is 10.2 Å². The number of anilines is 1. The van der Waals surface area contributed by atoms with E-state index >= 15 is 0 Å². The molecule has 2 aromatic carbocycles. The number of hydrogen-bond acceptors (Lipinski definition) is 8. The van der Waals surface area contributed by atoms with Crippen molar-refractivity contribution in [1.82, 2.24) is 15.3 Å². The van der Waals surface area contributed by atoms with Gasteiger partial charge in [0.2, 0.25) is 0 Å². The number of rotatable bonds is 14. The van der Waals surface area contributed by atoms with Crippen LogP contribution in [0.4, 0.5) is 10.6 Å². The zero-order chi connectivity index (χ0) is 35.4. The van der Waals surface area contributed by atoms with Crippen molar-refractivity contribution in [2.24, 2.45) is 5.92 Å². The van der Waals surface area contributed by atoms with Crippen LogP contribution in [0.15, 0.2) is 106 Å². The van der Waals surface area contributed by atoms with Gasteiger partial charge in [-0.15, -0.1) is 0 Å². The average molecular weight is 881 g/mol. The van der Waals surface area contributed by atoms with Gasteiger partial charge in [0.25, 0.3) is 0 Å². The zero-order valence-electron chi connectivity index (χ0n) is 29.0. The summed E-state index contributed by atoms with van der Waals surface area (Å²) in [6, 6.07) is 27.0. The molecular formula is C38H48Br2N4O6S2. The molecule has 4 heterocycles. The molecule has 2 atom stereocenters. The van der Waals surface area contributed by atoms with Crippen LogP contribution in [0.3, 0.4) is 0 Å². The highest BCUT2D eigenvalue weighted by atomic mass is 79.9. The molecule has 14 heteroatoms. The SMILES string of the molecule is C1CCOC1.O=C(Cc1ccc(Br)cn1)C[C@@H](CO)COCc1ccccc1.O=C1N[C@H](COCc2ccccc2)CN1c1ccc(Br)cn1.S.S. The summed E-state index contributed by atoms with van der Waals surface area (Å²) in [7, 11) is 0. The third-order valence-electron chi connectivity index (χ3n) is 7.63. The molecule has 2 fully saturated rings. The van der Waals surface area contributed by atoms with Crippen LogP contribution in [-0.4, -0.2) is 72.5 Å². The summed E-state index contributed by atoms with van der Waals surface area (Å²) in [6.07, 6.45) is 6.49. The second kappa shape index (κ2) is 26.0. The number of nitrogens with one attached hydrogen (secondary N) is 1. The fourth-order valence-electron chi connectivity index (χ4n) is 5.03. The number of ketones is 1. The fourth-order valence-corrected chi connectivity index (χ4v) is 5.49. The summed E-state index contributed by atoms with van der Waals surface area (Å²) >= 11 is 6.65. The summed E-state index contributed by atoms with van der Waals surface area (Å²) in [6.45, 7) is 4.37. The van der Waals surface area contributed by atoms with Gasteiger partial charge >= 0.3 is 6.03 Å². The average Bonchev–Trinajstić information content (AvgIpc) is 3.84. The Balaban J connectivity index is 0.000000306. The quantitative estimate of drug-likeness (QED) is 0.137. The van der Waals surface area contributed by atoms with Crippen LogP contribution in [-0.2, 0) is 38.6 Å². The van der Waals surface area contributed by atoms with Crippen molar-refractivity contribution in [2.75, 3.05) is 44.5 Å². The summed E-state index contributed by atoms with van der Waals surface area (Å²) in [5.74, 6) is 0.523. The first-order chi connectivity index (χ1) is 24.4. The fraction of sp³-hybridized carbons (Fsp3) is 0.368. The topological polar surface area (TPSA) is 123 Å². The number of ether oxygens (including phenoxy) is 3. The van der Waals surface area contributed by atoms with Gasteiger partial charge in [0.15, 0.2) is 0 Å². The van der Waals surface area contributed by atoms with Gasteiger partial charge in [0, 0.05) is 65.6 Å². The number of pyridine rings is 2. The maximum atomic E-state index is 12.1. The predicted molar refractivity (Wildman–Crippen MR) is 220 cm³/mol. The third kappa shape index (κ3) is 17.3. The summed E-state index contributed by atoms with van der Waals surface area (Å²) < 4.78 is 18.0. The van der Waals surface area contributed by atoms with Crippen molar-refractivity contribution in [3.8, 4) is 0 Å². The molecule has 10 nitrogen and oxygen atoms in total. The molecule has 0 spiro atoms. The predicted octanol–water partition coefficient (Wildman–Crippen LogP) is 7.15. The summed E-state index contributed by atoms with van der Waals surface area (Å²) in [4.78, 5) is 34.2. The normalized spacial score (nSPS) is 15.1. The highest BCUT2D eigenvalue weighted by molar-refractivity contribution is 9.10. The number of aliphatic hydroxyl groups is 1. The smallest absolute Gasteiger partial charge is 0.323 e. The molecule has 0 radical (unpaired) electrons. The number of carbonyl (C=O) groups is 2. The number of hydrogen-bond donors (Lipinski definition) is 2. The number of nitrogens with zero attached hydrogens (tertiary/aromatic N) is 3. The number of halogens is 2. The van der Waals surface area contributed by atoms with Crippen LogP contribution >= 0.6 is 58.9 Å². The Morgan fingerprint density at radius 3 is 1.98 bits per heavy atom. The molecule has 2 aromatic heterocycles. The number of aliphatic hydroxyl groups excluding tert-OH is 1. The number of benzene rings is 2. The Morgan fingerprint density at radius 1 is 0.865 bits per heavy atom. The largest absolute Gasteiger partial charge is 0.396 e. The molecule has 2 N–H and O–H groups in total. The van der Waals surface area contributed by atoms with E-state index in [1.807, 2.05) is 84.9 Å². The lowest BCUT2D eigenvalue weighted by molar-refractivity contribution is -0.120. The Bertz CT molecular complexity index is 1550. The Kier molecular flexibility index (Phi) is 22.7. The molecule has 2 aliphatic heterocycles. The number of urea groups is 1. The van der Waals surface area contributed by atoms with E-state index in [0.29, 0.717) is 45.2 Å². The summed E-state index contributed by atoms with van der Waals surface area (Å²) in [5, 5.41) is 12.3. The second-order valence-electron chi connectivity index (χ2n) is 11.8. The van der Waals surface area contributed by atoms with Gasteiger partial charge in [-0.05, 0) is 80.1 Å². The number of Topliss-reactive ketones (excluding diaryl/α,β-unsaturated/α-hetero) is 1. The maximum Gasteiger partial charge on any atom is 0.323 e. The number of aromatic nitrogens is 2. The van der Waals surface area contributed by atoms with E-state index in [9.17, 15) is 14.7 Å². The van der Waals surface area contributed by atoms with E-state index in [2.05, 4.69) is 47.1 Å². The van der Waals surface area contributed by atoms with E-state index in [0.717, 1.165) is 39.0 Å². The van der Waals surface area contributed by atoms with E-state index in [-0.39, 0.29) is 63.8 Å². The Labute approximate surface area is 337 Å². The standard InChI is InChI=1S/C18H20BrNO3.C16H16BrN3O2.C4H8O.2H2S/c19-16-6-7-17(20-10-16)9-18(22)8-15(11-21)13-23-12-14-4-2-1-3-5-14;17-13-6-7-15(18-8-13)20-9-14(19-16(20)21)11-22-10-12-4-2-1-3-5-12;1-2-4-5-3-1;;/h1-7,10,15,21H,8-9,11-13H2;1-8,14H,9-11H2,(H,19,21);1-4H2;2*1H2/t15-;14-;;;/m00.../s1. The lowest BCUT2D eigenvalue weighted by Gasteiger charge is -2.14. The Morgan fingerprint density at radius 2 is 1.46 bits per heavy atom. The zero-order valence-corrected chi connectivity index (χ0v) is 34.1. The van der Waals surface area contributed by atoms with Gasteiger partial charge in [-0.2, -0.15) is 27.0 Å². The maximum absolute atomic E-state index is 12.1. The molecular weight excluding hydrogens is 832 g/mol. The van der Waals surface area contributed by atoms with Crippen molar-refractivity contribution in [2.45, 2.75) is 44.9 Å². The minimum absolute atomic E-state index is 0. The molecule has 2 aliphatic rings. The molecule has 0 aliphatic carbocycles. The van der Waals surface area contributed by atoms with E-state index < -0.39 is 0 Å².